The van der Waals surface area contributed by atoms with E-state index in [1.54, 1.807) is 30.3 Å². The van der Waals surface area contributed by atoms with E-state index in [9.17, 15) is 13.7 Å². The molecule has 3 aromatic carbocycles. The molecule has 1 aromatic heterocycles. The number of nitrogens with zero attached hydrogens (tertiary/aromatic N) is 2. The van der Waals surface area contributed by atoms with E-state index < -0.39 is 10.1 Å². The molecule has 0 fully saturated rings. The summed E-state index contributed by atoms with van der Waals surface area (Å²) in [7, 11) is -2.63. The van der Waals surface area contributed by atoms with Gasteiger partial charge in [0, 0.05) is 0 Å². The maximum absolute atomic E-state index is 12.8. The Hall–Kier alpha value is -3.36. The number of methoxy groups -OCH3 is 1. The number of H-pyrrole nitrogens is 1. The van der Waals surface area contributed by atoms with E-state index >= 15 is 0 Å². The zero-order valence-corrected chi connectivity index (χ0v) is 20.6. The van der Waals surface area contributed by atoms with Crippen LogP contribution in [0.2, 0.25) is 0 Å². The minimum Gasteiger partial charge on any atom is -0.493 e. The molecule has 9 heteroatoms. The van der Waals surface area contributed by atoms with Gasteiger partial charge in [-0.3, -0.25) is 0 Å². The molecule has 33 heavy (non-hydrogen) atoms. The molecule has 0 atom stereocenters. The fourth-order valence-corrected chi connectivity index (χ4v) is 5.01. The van der Waals surface area contributed by atoms with Gasteiger partial charge in [-0.25, -0.2) is 4.98 Å². The van der Waals surface area contributed by atoms with Crippen molar-refractivity contribution in [2.75, 3.05) is 7.11 Å². The third kappa shape index (κ3) is 4.86. The van der Waals surface area contributed by atoms with Gasteiger partial charge in [-0.15, -0.1) is 0 Å². The summed E-state index contributed by atoms with van der Waals surface area (Å²) in [6.07, 6.45) is 1.65. The van der Waals surface area contributed by atoms with Gasteiger partial charge in [0.05, 0.1) is 27.3 Å². The standard InChI is InChI=1S/C24H18IN3O4S/c1-15-7-9-18(10-8-15)33(29,30)32-23-19(25)12-16(13-22(23)31-2)11-17(14-26)24-27-20-5-3-4-6-21(20)28-24/h3-13H,1-2H3,(H,27,28)/b17-11+. The zero-order valence-electron chi connectivity index (χ0n) is 17.7. The van der Waals surface area contributed by atoms with Crippen LogP contribution >= 0.6 is 22.6 Å². The number of para-hydroxylation sites is 2. The summed E-state index contributed by atoms with van der Waals surface area (Å²) in [6.45, 7) is 1.87. The molecule has 4 aromatic rings. The number of halogens is 1. The second-order valence-corrected chi connectivity index (χ2v) is 9.87. The number of hydrogen-bond donors (Lipinski definition) is 1. The molecule has 0 aliphatic rings. The lowest BCUT2D eigenvalue weighted by Gasteiger charge is -2.13. The SMILES string of the molecule is COc1cc(/C=C(\C#N)c2nc3ccccc3[nH]2)cc(I)c1OS(=O)(=O)c1ccc(C)cc1. The average Bonchev–Trinajstić information content (AvgIpc) is 3.23. The molecule has 0 radical (unpaired) electrons. The predicted molar refractivity (Wildman–Crippen MR) is 134 cm³/mol. The third-order valence-corrected chi connectivity index (χ3v) is 6.87. The summed E-state index contributed by atoms with van der Waals surface area (Å²) in [6, 6.07) is 19.4. The van der Waals surface area contributed by atoms with Crippen molar-refractivity contribution in [3.05, 3.63) is 81.2 Å². The van der Waals surface area contributed by atoms with Gasteiger partial charge < -0.3 is 13.9 Å². The number of benzene rings is 3. The Morgan fingerprint density at radius 1 is 1.15 bits per heavy atom. The number of nitriles is 1. The molecule has 1 N–H and O–H groups in total. The summed E-state index contributed by atoms with van der Waals surface area (Å²) in [5, 5.41) is 9.70. The van der Waals surface area contributed by atoms with Crippen LogP contribution in [0.3, 0.4) is 0 Å². The highest BCUT2D eigenvalue weighted by Gasteiger charge is 2.22. The molecule has 0 unspecified atom stereocenters. The van der Waals surface area contributed by atoms with Crippen molar-refractivity contribution in [1.29, 1.82) is 5.26 Å². The van der Waals surface area contributed by atoms with Gasteiger partial charge >= 0.3 is 10.1 Å². The Bertz CT molecular complexity index is 1480. The first kappa shape index (κ1) is 22.8. The van der Waals surface area contributed by atoms with Crippen molar-refractivity contribution < 1.29 is 17.3 Å². The van der Waals surface area contributed by atoms with Crippen LogP contribution in [0.1, 0.15) is 17.0 Å². The first-order valence-electron chi connectivity index (χ1n) is 9.76. The molecule has 0 saturated heterocycles. The van der Waals surface area contributed by atoms with Crippen LogP contribution in [0.5, 0.6) is 11.5 Å². The molecule has 0 saturated carbocycles. The highest BCUT2D eigenvalue weighted by Crippen LogP contribution is 2.37. The van der Waals surface area contributed by atoms with Gasteiger partial charge in [0.2, 0.25) is 0 Å². The maximum Gasteiger partial charge on any atom is 0.339 e. The van der Waals surface area contributed by atoms with E-state index in [0.717, 1.165) is 16.6 Å². The largest absolute Gasteiger partial charge is 0.493 e. The molecule has 0 aliphatic heterocycles. The number of fused-ring (bicyclic) bond motifs is 1. The highest BCUT2D eigenvalue weighted by atomic mass is 127. The van der Waals surface area contributed by atoms with Crippen LogP contribution in [0, 0.1) is 21.8 Å². The van der Waals surface area contributed by atoms with E-state index in [2.05, 4.69) is 16.0 Å². The highest BCUT2D eigenvalue weighted by molar-refractivity contribution is 14.1. The lowest BCUT2D eigenvalue weighted by atomic mass is 10.1. The number of aryl methyl sites for hydroxylation is 1. The Balaban J connectivity index is 1.71. The smallest absolute Gasteiger partial charge is 0.339 e. The lowest BCUT2D eigenvalue weighted by molar-refractivity contribution is 0.389. The van der Waals surface area contributed by atoms with Crippen molar-refractivity contribution in [1.82, 2.24) is 9.97 Å². The van der Waals surface area contributed by atoms with Gasteiger partial charge in [0.15, 0.2) is 11.5 Å². The molecule has 4 rings (SSSR count). The maximum atomic E-state index is 12.8. The number of hydrogen-bond acceptors (Lipinski definition) is 6. The first-order valence-corrected chi connectivity index (χ1v) is 12.2. The van der Waals surface area contributed by atoms with E-state index in [1.165, 1.54) is 19.2 Å². The Kier molecular flexibility index (Phi) is 6.40. The Morgan fingerprint density at radius 2 is 1.88 bits per heavy atom. The minimum absolute atomic E-state index is 0.0478. The number of nitrogens with one attached hydrogen (secondary N) is 1. The summed E-state index contributed by atoms with van der Waals surface area (Å²) >= 11 is 1.98. The molecule has 0 aliphatic carbocycles. The number of aromatic nitrogens is 2. The van der Waals surface area contributed by atoms with Crippen LogP contribution in [-0.4, -0.2) is 25.5 Å². The van der Waals surface area contributed by atoms with Gasteiger partial charge in [-0.2, -0.15) is 13.7 Å². The minimum atomic E-state index is -4.05. The van der Waals surface area contributed by atoms with Crippen molar-refractivity contribution in [2.45, 2.75) is 11.8 Å². The van der Waals surface area contributed by atoms with Crippen molar-refractivity contribution in [2.24, 2.45) is 0 Å². The van der Waals surface area contributed by atoms with Gasteiger partial charge in [-0.05, 0) is 77.6 Å². The van der Waals surface area contributed by atoms with Crippen LogP contribution in [0.25, 0.3) is 22.7 Å². The fourth-order valence-electron chi connectivity index (χ4n) is 3.17. The van der Waals surface area contributed by atoms with Crippen molar-refractivity contribution in [3.63, 3.8) is 0 Å². The zero-order chi connectivity index (χ0) is 23.6. The van der Waals surface area contributed by atoms with Crippen molar-refractivity contribution >= 4 is 55.4 Å². The summed E-state index contributed by atoms with van der Waals surface area (Å²) in [5.74, 6) is 0.749. The van der Waals surface area contributed by atoms with E-state index in [4.69, 9.17) is 8.92 Å². The van der Waals surface area contributed by atoms with E-state index in [-0.39, 0.29) is 16.4 Å². The number of aromatic amines is 1. The monoisotopic (exact) mass is 571 g/mol. The first-order chi connectivity index (χ1) is 15.8. The second-order valence-electron chi connectivity index (χ2n) is 7.16. The van der Waals surface area contributed by atoms with E-state index in [1.807, 2.05) is 53.8 Å². The van der Waals surface area contributed by atoms with Crippen LogP contribution in [-0.2, 0) is 10.1 Å². The Labute approximate surface area is 205 Å². The lowest BCUT2D eigenvalue weighted by Crippen LogP contribution is -2.11. The Morgan fingerprint density at radius 3 is 2.55 bits per heavy atom. The van der Waals surface area contributed by atoms with Crippen molar-refractivity contribution in [3.8, 4) is 17.6 Å². The molecule has 0 amide bonds. The second kappa shape index (κ2) is 9.25. The molecular formula is C24H18IN3O4S. The van der Waals surface area contributed by atoms with Gasteiger partial charge in [0.1, 0.15) is 16.8 Å². The fraction of sp³-hybridized carbons (Fsp3) is 0.0833. The van der Waals surface area contributed by atoms with E-state index in [0.29, 0.717) is 20.5 Å². The molecule has 0 bridgehead atoms. The average molecular weight is 571 g/mol. The molecular weight excluding hydrogens is 553 g/mol. The van der Waals surface area contributed by atoms with Gasteiger partial charge in [0.25, 0.3) is 0 Å². The van der Waals surface area contributed by atoms with Crippen LogP contribution in [0.4, 0.5) is 0 Å². The number of rotatable bonds is 6. The quantitative estimate of drug-likeness (QED) is 0.191. The third-order valence-electron chi connectivity index (χ3n) is 4.83. The normalized spacial score (nSPS) is 11.9. The summed E-state index contributed by atoms with van der Waals surface area (Å²) in [4.78, 5) is 7.65. The van der Waals surface area contributed by atoms with Crippen LogP contribution < -0.4 is 8.92 Å². The number of ether oxygens (including phenoxy) is 1. The predicted octanol–water partition coefficient (Wildman–Crippen LogP) is 5.32. The molecule has 1 heterocycles. The van der Waals surface area contributed by atoms with Crippen LogP contribution in [0.15, 0.2) is 65.6 Å². The number of allylic oxidation sites excluding steroid dienone is 1. The summed E-state index contributed by atoms with van der Waals surface area (Å²) < 4.78 is 36.9. The van der Waals surface area contributed by atoms with Gasteiger partial charge in [-0.1, -0.05) is 29.8 Å². The molecule has 7 nitrogen and oxygen atoms in total. The molecule has 0 spiro atoms. The number of imidazole rings is 1. The molecule has 166 valence electrons. The topological polar surface area (TPSA) is 105 Å². The summed E-state index contributed by atoms with van der Waals surface area (Å²) in [5.41, 5.74) is 3.48.